The molecule has 11 nitrogen and oxygen atoms in total. The van der Waals surface area contributed by atoms with Gasteiger partial charge in [0.2, 0.25) is 0 Å². The average molecular weight is 505 g/mol. The summed E-state index contributed by atoms with van der Waals surface area (Å²) in [6, 6.07) is 8.20. The Morgan fingerprint density at radius 3 is 2.70 bits per heavy atom. The molecule has 0 spiro atoms. The van der Waals surface area contributed by atoms with E-state index in [4.69, 9.17) is 15.2 Å². The zero-order valence-corrected chi connectivity index (χ0v) is 21.6. The minimum absolute atomic E-state index is 0.0168. The lowest BCUT2D eigenvalue weighted by Gasteiger charge is -2.17. The lowest BCUT2D eigenvalue weighted by Crippen LogP contribution is -2.24. The van der Waals surface area contributed by atoms with Crippen LogP contribution in [0.3, 0.4) is 0 Å². The van der Waals surface area contributed by atoms with Crippen LogP contribution in [0, 0.1) is 12.3 Å². The zero-order valence-electron chi connectivity index (χ0n) is 21.6. The predicted molar refractivity (Wildman–Crippen MR) is 139 cm³/mol. The van der Waals surface area contributed by atoms with Crippen molar-refractivity contribution in [3.05, 3.63) is 48.2 Å². The maximum absolute atomic E-state index is 12.1. The van der Waals surface area contributed by atoms with Gasteiger partial charge in [-0.05, 0) is 58.4 Å². The van der Waals surface area contributed by atoms with E-state index in [1.165, 1.54) is 11.0 Å². The number of rotatable bonds is 7. The van der Waals surface area contributed by atoms with Crippen LogP contribution >= 0.6 is 0 Å². The average Bonchev–Trinajstić information content (AvgIpc) is 3.60. The van der Waals surface area contributed by atoms with Crippen LogP contribution in [0.5, 0.6) is 5.75 Å². The number of fused-ring (bicyclic) bond motifs is 1. The quantitative estimate of drug-likeness (QED) is 0.364. The smallest absolute Gasteiger partial charge is 0.313 e. The molecule has 4 heterocycles. The fraction of sp³-hybridized carbons (Fsp3) is 0.423. The highest BCUT2D eigenvalue weighted by atomic mass is 16.5. The number of esters is 1. The van der Waals surface area contributed by atoms with Gasteiger partial charge in [-0.2, -0.15) is 0 Å². The monoisotopic (exact) mass is 504 g/mol. The Labute approximate surface area is 215 Å². The number of aromatic nitrogens is 6. The fourth-order valence-electron chi connectivity index (χ4n) is 4.64. The number of ether oxygens (including phenoxy) is 2. The van der Waals surface area contributed by atoms with Crippen LogP contribution in [-0.4, -0.2) is 48.6 Å². The summed E-state index contributed by atoms with van der Waals surface area (Å²) in [4.78, 5) is 20.9. The SMILES string of the molecule is Cc1c(-c2ccc(OCc3cnnn3COC(=O)C(C)(C)C)cc2)c2c(N)ncnc2n1C1CCNC1. The van der Waals surface area contributed by atoms with Crippen LogP contribution in [0.15, 0.2) is 36.8 Å². The van der Waals surface area contributed by atoms with E-state index in [1.807, 2.05) is 24.3 Å². The molecule has 1 aliphatic rings. The first-order valence-corrected chi connectivity index (χ1v) is 12.3. The van der Waals surface area contributed by atoms with Crippen LogP contribution in [-0.2, 0) is 22.9 Å². The topological polar surface area (TPSA) is 135 Å². The van der Waals surface area contributed by atoms with Crippen molar-refractivity contribution in [3.8, 4) is 16.9 Å². The lowest BCUT2D eigenvalue weighted by atomic mass is 9.98. The van der Waals surface area contributed by atoms with E-state index in [-0.39, 0.29) is 19.3 Å². The predicted octanol–water partition coefficient (Wildman–Crippen LogP) is 3.24. The molecule has 3 N–H and O–H groups in total. The van der Waals surface area contributed by atoms with Crippen molar-refractivity contribution in [2.24, 2.45) is 5.41 Å². The van der Waals surface area contributed by atoms with Gasteiger partial charge in [0, 0.05) is 23.8 Å². The Morgan fingerprint density at radius 1 is 1.22 bits per heavy atom. The number of carbonyl (C=O) groups is 1. The van der Waals surface area contributed by atoms with E-state index >= 15 is 0 Å². The summed E-state index contributed by atoms with van der Waals surface area (Å²) in [5.74, 6) is 0.854. The van der Waals surface area contributed by atoms with Gasteiger partial charge in [0.15, 0.2) is 6.73 Å². The van der Waals surface area contributed by atoms with E-state index in [1.54, 1.807) is 27.0 Å². The third kappa shape index (κ3) is 4.86. The molecule has 0 saturated carbocycles. The number of nitrogens with zero attached hydrogens (tertiary/aromatic N) is 6. The summed E-state index contributed by atoms with van der Waals surface area (Å²) >= 11 is 0. The molecule has 1 unspecified atom stereocenters. The summed E-state index contributed by atoms with van der Waals surface area (Å²) < 4.78 is 15.1. The summed E-state index contributed by atoms with van der Waals surface area (Å²) in [5, 5.41) is 12.2. The molecule has 1 atom stereocenters. The van der Waals surface area contributed by atoms with Crippen LogP contribution in [0.25, 0.3) is 22.2 Å². The van der Waals surface area contributed by atoms with E-state index in [2.05, 4.69) is 37.1 Å². The van der Waals surface area contributed by atoms with Crippen molar-refractivity contribution in [2.45, 2.75) is 53.5 Å². The van der Waals surface area contributed by atoms with Crippen molar-refractivity contribution in [1.82, 2.24) is 34.8 Å². The molecule has 0 amide bonds. The molecule has 4 aromatic rings. The van der Waals surface area contributed by atoms with Crippen LogP contribution in [0.1, 0.15) is 44.6 Å². The Morgan fingerprint density at radius 2 is 2.00 bits per heavy atom. The number of nitrogens with one attached hydrogen (secondary N) is 1. The molecule has 11 heteroatoms. The Hall–Kier alpha value is -3.99. The lowest BCUT2D eigenvalue weighted by molar-refractivity contribution is -0.157. The molecule has 0 radical (unpaired) electrons. The van der Waals surface area contributed by atoms with E-state index < -0.39 is 5.41 Å². The van der Waals surface area contributed by atoms with E-state index in [0.29, 0.717) is 23.3 Å². The molecule has 1 fully saturated rings. The van der Waals surface area contributed by atoms with Crippen molar-refractivity contribution in [3.63, 3.8) is 0 Å². The number of anilines is 1. The van der Waals surface area contributed by atoms with Gasteiger partial charge in [0.25, 0.3) is 0 Å². The first-order chi connectivity index (χ1) is 17.7. The summed E-state index contributed by atoms with van der Waals surface area (Å²) in [6.45, 7) is 9.62. The number of hydrogen-bond donors (Lipinski definition) is 2. The first-order valence-electron chi connectivity index (χ1n) is 12.3. The first kappa shape index (κ1) is 24.7. The fourth-order valence-corrected chi connectivity index (χ4v) is 4.64. The molecular weight excluding hydrogens is 472 g/mol. The Kier molecular flexibility index (Phi) is 6.55. The Bertz CT molecular complexity index is 1410. The number of nitrogen functional groups attached to an aromatic ring is 1. The van der Waals surface area contributed by atoms with Gasteiger partial charge >= 0.3 is 5.97 Å². The minimum Gasteiger partial charge on any atom is -0.487 e. The molecule has 37 heavy (non-hydrogen) atoms. The Balaban J connectivity index is 1.34. The van der Waals surface area contributed by atoms with Gasteiger partial charge in [-0.1, -0.05) is 17.3 Å². The second-order valence-corrected chi connectivity index (χ2v) is 10.3. The minimum atomic E-state index is -0.589. The number of carbonyl (C=O) groups excluding carboxylic acids is 1. The van der Waals surface area contributed by atoms with Gasteiger partial charge in [0.1, 0.15) is 30.1 Å². The van der Waals surface area contributed by atoms with E-state index in [0.717, 1.165) is 47.4 Å². The zero-order chi connectivity index (χ0) is 26.2. The maximum atomic E-state index is 12.1. The van der Waals surface area contributed by atoms with Gasteiger partial charge in [0.05, 0.1) is 22.7 Å². The highest BCUT2D eigenvalue weighted by Crippen LogP contribution is 2.39. The molecular formula is C26H32N8O3. The van der Waals surface area contributed by atoms with Crippen molar-refractivity contribution >= 4 is 22.8 Å². The number of hydrogen-bond acceptors (Lipinski definition) is 9. The molecule has 3 aromatic heterocycles. The van der Waals surface area contributed by atoms with Crippen LogP contribution in [0.2, 0.25) is 0 Å². The molecule has 0 aliphatic carbocycles. The van der Waals surface area contributed by atoms with Gasteiger partial charge in [-0.25, -0.2) is 14.6 Å². The summed E-state index contributed by atoms with van der Waals surface area (Å²) in [5.41, 5.74) is 10.5. The molecule has 0 bridgehead atoms. The highest BCUT2D eigenvalue weighted by molar-refractivity contribution is 6.02. The highest BCUT2D eigenvalue weighted by Gasteiger charge is 2.26. The van der Waals surface area contributed by atoms with Gasteiger partial charge < -0.3 is 25.1 Å². The van der Waals surface area contributed by atoms with Crippen molar-refractivity contribution < 1.29 is 14.3 Å². The third-order valence-electron chi connectivity index (χ3n) is 6.62. The molecule has 5 rings (SSSR count). The normalized spacial score (nSPS) is 15.8. The maximum Gasteiger partial charge on any atom is 0.313 e. The van der Waals surface area contributed by atoms with E-state index in [9.17, 15) is 4.79 Å². The van der Waals surface area contributed by atoms with Crippen LogP contribution in [0.4, 0.5) is 5.82 Å². The van der Waals surface area contributed by atoms with Crippen LogP contribution < -0.4 is 15.8 Å². The third-order valence-corrected chi connectivity index (χ3v) is 6.62. The van der Waals surface area contributed by atoms with Gasteiger partial charge in [-0.15, -0.1) is 5.10 Å². The standard InChI is InChI=1S/C26H32N8O3/c1-16-21(22-23(27)29-14-30-24(22)34(16)18-9-10-28-11-18)17-5-7-20(8-6-17)36-13-19-12-31-32-33(19)15-37-25(35)26(2,3)4/h5-8,12,14,18,28H,9-11,13,15H2,1-4H3,(H2,27,29,30). The largest absolute Gasteiger partial charge is 0.487 e. The second-order valence-electron chi connectivity index (χ2n) is 10.3. The molecule has 1 aliphatic heterocycles. The van der Waals surface area contributed by atoms with Gasteiger partial charge in [-0.3, -0.25) is 4.79 Å². The number of nitrogens with two attached hydrogens (primary N) is 1. The molecule has 1 aromatic carbocycles. The summed E-state index contributed by atoms with van der Waals surface area (Å²) in [7, 11) is 0. The molecule has 1 saturated heterocycles. The van der Waals surface area contributed by atoms with Crippen molar-refractivity contribution in [2.75, 3.05) is 18.8 Å². The number of benzene rings is 1. The van der Waals surface area contributed by atoms with Crippen molar-refractivity contribution in [1.29, 1.82) is 0 Å². The molecule has 194 valence electrons. The summed E-state index contributed by atoms with van der Waals surface area (Å²) in [6.07, 6.45) is 4.17. The second kappa shape index (κ2) is 9.81.